The van der Waals surface area contributed by atoms with Crippen LogP contribution >= 0.6 is 0 Å². The third-order valence-corrected chi connectivity index (χ3v) is 8.20. The van der Waals surface area contributed by atoms with E-state index in [1.165, 1.54) is 29.7 Å². The summed E-state index contributed by atoms with van der Waals surface area (Å²) < 4.78 is 40.6. The lowest BCUT2D eigenvalue weighted by Gasteiger charge is -2.34. The van der Waals surface area contributed by atoms with Crippen molar-refractivity contribution in [3.63, 3.8) is 0 Å². The summed E-state index contributed by atoms with van der Waals surface area (Å²) in [5.74, 6) is 0.168. The molecule has 0 radical (unpaired) electrons. The summed E-state index contributed by atoms with van der Waals surface area (Å²) in [5.41, 5.74) is 2.12. The second-order valence-electron chi connectivity index (χ2n) is 7.83. The maximum Gasteiger partial charge on any atom is 0.319 e. The van der Waals surface area contributed by atoms with Gasteiger partial charge in [-0.3, -0.25) is 10.0 Å². The van der Waals surface area contributed by atoms with Gasteiger partial charge in [-0.05, 0) is 67.8 Å². The number of methoxy groups -OCH3 is 1. The number of nitrogens with one attached hydrogen (secondary N) is 3. The molecule has 0 aliphatic carbocycles. The molecule has 1 heterocycles. The van der Waals surface area contributed by atoms with Gasteiger partial charge in [0.2, 0.25) is 0 Å². The summed E-state index contributed by atoms with van der Waals surface area (Å²) in [6.45, 7) is 0.860. The smallest absolute Gasteiger partial charge is 0.319 e. The van der Waals surface area contributed by atoms with Gasteiger partial charge < -0.3 is 24.8 Å². The van der Waals surface area contributed by atoms with Gasteiger partial charge in [0.1, 0.15) is 11.5 Å². The molecule has 1 aliphatic rings. The molecular weight excluding hydrogens is 478 g/mol. The molecule has 1 fully saturated rings. The van der Waals surface area contributed by atoms with Crippen LogP contribution in [0.3, 0.4) is 0 Å². The zero-order chi connectivity index (χ0) is 25.3. The molecule has 35 heavy (non-hydrogen) atoms. The topological polar surface area (TPSA) is 152 Å². The van der Waals surface area contributed by atoms with Crippen LogP contribution in [0.4, 0.5) is 10.5 Å². The van der Waals surface area contributed by atoms with Crippen LogP contribution in [0.2, 0.25) is 0 Å². The average Bonchev–Trinajstić information content (AvgIpc) is 2.89. The van der Waals surface area contributed by atoms with Crippen LogP contribution in [-0.2, 0) is 19.4 Å². The van der Waals surface area contributed by atoms with Crippen LogP contribution in [0, 0.1) is 0 Å². The zero-order valence-corrected chi connectivity index (χ0v) is 20.1. The Kier molecular flexibility index (Phi) is 8.90. The van der Waals surface area contributed by atoms with Gasteiger partial charge in [0.05, 0.1) is 18.6 Å². The summed E-state index contributed by atoms with van der Waals surface area (Å²) in [4.78, 5) is 24.2. The minimum atomic E-state index is -4.09. The Morgan fingerprint density at radius 1 is 1.03 bits per heavy atom. The van der Waals surface area contributed by atoms with Crippen LogP contribution in [-0.4, -0.2) is 63.8 Å². The maximum absolute atomic E-state index is 13.2. The van der Waals surface area contributed by atoms with Crippen molar-refractivity contribution >= 4 is 27.5 Å². The van der Waals surface area contributed by atoms with Crippen molar-refractivity contribution in [2.75, 3.05) is 38.8 Å². The molecule has 4 N–H and O–H groups in total. The van der Waals surface area contributed by atoms with Crippen molar-refractivity contribution < 1.29 is 37.4 Å². The van der Waals surface area contributed by atoms with Crippen molar-refractivity contribution in [3.05, 3.63) is 48.5 Å². The van der Waals surface area contributed by atoms with Gasteiger partial charge in [-0.15, -0.1) is 0 Å². The predicted molar refractivity (Wildman–Crippen MR) is 126 cm³/mol. The Morgan fingerprint density at radius 3 is 2.26 bits per heavy atom. The number of hydrogen-bond acceptors (Lipinski definition) is 8. The van der Waals surface area contributed by atoms with Gasteiger partial charge in [0.25, 0.3) is 5.91 Å². The molecule has 0 bridgehead atoms. The van der Waals surface area contributed by atoms with E-state index in [2.05, 4.69) is 10.6 Å². The molecule has 3 amide bonds. The fourth-order valence-corrected chi connectivity index (χ4v) is 5.61. The summed E-state index contributed by atoms with van der Waals surface area (Å²) in [5, 5.41) is 14.5. The van der Waals surface area contributed by atoms with E-state index in [-0.39, 0.29) is 37.0 Å². The molecule has 2 aromatic carbocycles. The van der Waals surface area contributed by atoms with E-state index in [0.717, 1.165) is 0 Å². The van der Waals surface area contributed by atoms with Crippen molar-refractivity contribution in [1.29, 1.82) is 0 Å². The normalized spacial score (nSPS) is 15.0. The van der Waals surface area contributed by atoms with Crippen LogP contribution in [0.5, 0.6) is 11.5 Å². The van der Waals surface area contributed by atoms with E-state index < -0.39 is 20.5 Å². The Bertz CT molecular complexity index is 1100. The Balaban J connectivity index is 1.47. The molecule has 0 aromatic heterocycles. The summed E-state index contributed by atoms with van der Waals surface area (Å²) in [6, 6.07) is 12.3. The number of hydroxylamine groups is 1. The SMILES string of the molecule is COc1ccc(NC(=O)NCCCOc2ccc(S(=O)(=O)C3(C(=O)NO)CCOCC3)cc2)cc1. The number of hydrogen-bond donors (Lipinski definition) is 4. The number of carbonyl (C=O) groups is 2. The van der Waals surface area contributed by atoms with Crippen LogP contribution < -0.4 is 25.6 Å². The highest BCUT2D eigenvalue weighted by atomic mass is 32.2. The molecule has 0 saturated carbocycles. The molecule has 12 heteroatoms. The van der Waals surface area contributed by atoms with Crippen LogP contribution in [0.25, 0.3) is 0 Å². The zero-order valence-electron chi connectivity index (χ0n) is 19.3. The standard InChI is InChI=1S/C23H29N3O8S/c1-32-18-5-3-17(4-6-18)25-22(28)24-13-2-14-34-19-7-9-20(10-8-19)35(30,31)23(21(27)26-29)11-15-33-16-12-23/h3-10,29H,2,11-16H2,1H3,(H,26,27)(H2,24,25,28). The van der Waals surface area contributed by atoms with Gasteiger partial charge in [-0.2, -0.15) is 0 Å². The monoisotopic (exact) mass is 507 g/mol. The van der Waals surface area contributed by atoms with Crippen LogP contribution in [0.15, 0.2) is 53.4 Å². The average molecular weight is 508 g/mol. The Labute approximate surface area is 203 Å². The minimum Gasteiger partial charge on any atom is -0.497 e. The number of rotatable bonds is 10. The molecule has 1 aliphatic heterocycles. The summed E-state index contributed by atoms with van der Waals surface area (Å²) in [6.07, 6.45) is 0.411. The third-order valence-electron chi connectivity index (χ3n) is 5.69. The van der Waals surface area contributed by atoms with Gasteiger partial charge in [0.15, 0.2) is 14.6 Å². The second kappa shape index (κ2) is 11.9. The number of carbonyl (C=O) groups excluding carboxylic acids is 2. The Hall–Kier alpha value is -3.35. The highest BCUT2D eigenvalue weighted by Crippen LogP contribution is 2.35. The van der Waals surface area contributed by atoms with Gasteiger partial charge in [-0.25, -0.2) is 18.7 Å². The number of urea groups is 1. The first-order valence-electron chi connectivity index (χ1n) is 11.0. The van der Waals surface area contributed by atoms with Crippen molar-refractivity contribution in [3.8, 4) is 11.5 Å². The molecule has 0 spiro atoms. The number of benzene rings is 2. The van der Waals surface area contributed by atoms with E-state index in [0.29, 0.717) is 36.8 Å². The van der Waals surface area contributed by atoms with E-state index in [9.17, 15) is 18.0 Å². The van der Waals surface area contributed by atoms with Crippen LogP contribution in [0.1, 0.15) is 19.3 Å². The van der Waals surface area contributed by atoms with Crippen molar-refractivity contribution in [2.24, 2.45) is 0 Å². The largest absolute Gasteiger partial charge is 0.497 e. The number of amides is 3. The van der Waals surface area contributed by atoms with Crippen molar-refractivity contribution in [1.82, 2.24) is 10.8 Å². The predicted octanol–water partition coefficient (Wildman–Crippen LogP) is 2.11. The van der Waals surface area contributed by atoms with E-state index in [4.69, 9.17) is 19.4 Å². The van der Waals surface area contributed by atoms with Gasteiger partial charge in [-0.1, -0.05) is 0 Å². The third kappa shape index (κ3) is 6.21. The first kappa shape index (κ1) is 26.3. The lowest BCUT2D eigenvalue weighted by atomic mass is 9.98. The lowest BCUT2D eigenvalue weighted by Crippen LogP contribution is -2.54. The molecule has 3 rings (SSSR count). The number of sulfone groups is 1. The quantitative estimate of drug-likeness (QED) is 0.217. The fraction of sp³-hybridized carbons (Fsp3) is 0.391. The van der Waals surface area contributed by atoms with Gasteiger partial charge in [0, 0.05) is 25.4 Å². The van der Waals surface area contributed by atoms with Gasteiger partial charge >= 0.3 is 6.03 Å². The minimum absolute atomic E-state index is 0.0489. The molecular formula is C23H29N3O8S. The second-order valence-corrected chi connectivity index (χ2v) is 10.1. The number of anilines is 1. The number of ether oxygens (including phenoxy) is 3. The van der Waals surface area contributed by atoms with E-state index >= 15 is 0 Å². The lowest BCUT2D eigenvalue weighted by molar-refractivity contribution is -0.134. The highest BCUT2D eigenvalue weighted by Gasteiger charge is 2.52. The first-order chi connectivity index (χ1) is 16.8. The molecule has 0 unspecified atom stereocenters. The first-order valence-corrected chi connectivity index (χ1v) is 12.5. The molecule has 190 valence electrons. The fourth-order valence-electron chi connectivity index (χ4n) is 3.68. The van der Waals surface area contributed by atoms with E-state index in [1.54, 1.807) is 31.4 Å². The summed E-state index contributed by atoms with van der Waals surface area (Å²) >= 11 is 0. The molecule has 11 nitrogen and oxygen atoms in total. The maximum atomic E-state index is 13.2. The summed E-state index contributed by atoms with van der Waals surface area (Å²) in [7, 11) is -2.52. The highest BCUT2D eigenvalue weighted by molar-refractivity contribution is 7.93. The Morgan fingerprint density at radius 2 is 1.66 bits per heavy atom. The van der Waals surface area contributed by atoms with E-state index in [1.807, 2.05) is 0 Å². The molecule has 0 atom stereocenters. The molecule has 1 saturated heterocycles. The molecule has 2 aromatic rings. The van der Waals surface area contributed by atoms with Crippen molar-refractivity contribution in [2.45, 2.75) is 28.9 Å².